The number of hydrogen-bond donors (Lipinski definition) is 2. The predicted molar refractivity (Wildman–Crippen MR) is 64.8 cm³/mol. The second-order valence-electron chi connectivity index (χ2n) is 3.79. The van der Waals surface area contributed by atoms with Crippen LogP contribution < -0.4 is 10.6 Å². The molecule has 0 saturated heterocycles. The summed E-state index contributed by atoms with van der Waals surface area (Å²) >= 11 is 5.99. The average molecular weight is 261 g/mol. The number of sulfone groups is 1. The minimum absolute atomic E-state index is 0.0984. The number of halogens is 1. The van der Waals surface area contributed by atoms with E-state index in [1.165, 1.54) is 0 Å². The SMILES string of the molecule is CNCC1CS(=O)(=O)c2cccc(Cl)c2N1. The van der Waals surface area contributed by atoms with Crippen LogP contribution in [-0.2, 0) is 9.84 Å². The van der Waals surface area contributed by atoms with Gasteiger partial charge in [0, 0.05) is 6.54 Å². The van der Waals surface area contributed by atoms with E-state index in [1.54, 1.807) is 25.2 Å². The maximum Gasteiger partial charge on any atom is 0.182 e. The van der Waals surface area contributed by atoms with Crippen molar-refractivity contribution in [2.24, 2.45) is 0 Å². The molecule has 0 aromatic heterocycles. The van der Waals surface area contributed by atoms with Crippen LogP contribution in [-0.4, -0.2) is 33.8 Å². The van der Waals surface area contributed by atoms with Gasteiger partial charge in [-0.2, -0.15) is 0 Å². The molecule has 16 heavy (non-hydrogen) atoms. The average Bonchev–Trinajstić information content (AvgIpc) is 2.19. The Labute approximate surface area is 99.9 Å². The van der Waals surface area contributed by atoms with Crippen molar-refractivity contribution in [3.63, 3.8) is 0 Å². The van der Waals surface area contributed by atoms with Crippen LogP contribution in [0.5, 0.6) is 0 Å². The fourth-order valence-corrected chi connectivity index (χ4v) is 3.82. The van der Waals surface area contributed by atoms with Crippen LogP contribution in [0.25, 0.3) is 0 Å². The number of nitrogens with one attached hydrogen (secondary N) is 2. The Balaban J connectivity index is 2.48. The first-order valence-corrected chi connectivity index (χ1v) is 7.00. The first-order valence-electron chi connectivity index (χ1n) is 4.97. The van der Waals surface area contributed by atoms with Crippen molar-refractivity contribution in [2.75, 3.05) is 24.7 Å². The summed E-state index contributed by atoms with van der Waals surface area (Å²) in [5, 5.41) is 6.55. The molecule has 0 radical (unpaired) electrons. The zero-order valence-corrected chi connectivity index (χ0v) is 10.4. The van der Waals surface area contributed by atoms with Crippen LogP contribution in [0.3, 0.4) is 0 Å². The summed E-state index contributed by atoms with van der Waals surface area (Å²) in [5.41, 5.74) is 0.524. The lowest BCUT2D eigenvalue weighted by Crippen LogP contribution is -2.40. The Morgan fingerprint density at radius 2 is 2.31 bits per heavy atom. The fourth-order valence-electron chi connectivity index (χ4n) is 1.86. The molecule has 2 rings (SSSR count). The molecule has 0 fully saturated rings. The third-order valence-corrected chi connectivity index (χ3v) is 4.70. The highest BCUT2D eigenvalue weighted by atomic mass is 35.5. The molecule has 6 heteroatoms. The maximum atomic E-state index is 12.0. The predicted octanol–water partition coefficient (Wildman–Crippen LogP) is 1.13. The monoisotopic (exact) mass is 260 g/mol. The molecule has 88 valence electrons. The molecule has 1 aromatic carbocycles. The van der Waals surface area contributed by atoms with Crippen molar-refractivity contribution in [1.29, 1.82) is 0 Å². The molecule has 1 aromatic rings. The summed E-state index contributed by atoms with van der Waals surface area (Å²) in [4.78, 5) is 0.298. The number of rotatable bonds is 2. The van der Waals surface area contributed by atoms with Gasteiger partial charge >= 0.3 is 0 Å². The summed E-state index contributed by atoms with van der Waals surface area (Å²) in [5.74, 6) is 0.0984. The van der Waals surface area contributed by atoms with E-state index in [9.17, 15) is 8.42 Å². The van der Waals surface area contributed by atoms with Gasteiger partial charge in [0.15, 0.2) is 9.84 Å². The number of anilines is 1. The van der Waals surface area contributed by atoms with E-state index in [2.05, 4.69) is 10.6 Å². The van der Waals surface area contributed by atoms with Gasteiger partial charge in [-0.15, -0.1) is 0 Å². The molecule has 0 spiro atoms. The van der Waals surface area contributed by atoms with Gasteiger partial charge in [-0.25, -0.2) is 8.42 Å². The van der Waals surface area contributed by atoms with Crippen LogP contribution in [0.4, 0.5) is 5.69 Å². The van der Waals surface area contributed by atoms with Gasteiger partial charge < -0.3 is 10.6 Å². The molecule has 2 N–H and O–H groups in total. The number of hydrogen-bond acceptors (Lipinski definition) is 4. The van der Waals surface area contributed by atoms with Crippen molar-refractivity contribution >= 4 is 27.1 Å². The summed E-state index contributed by atoms with van der Waals surface area (Å²) in [6.45, 7) is 0.587. The Kier molecular flexibility index (Phi) is 3.10. The first-order chi connectivity index (χ1) is 7.54. The highest BCUT2D eigenvalue weighted by Gasteiger charge is 2.30. The second-order valence-corrected chi connectivity index (χ2v) is 6.20. The number of likely N-dealkylation sites (N-methyl/N-ethyl adjacent to an activating group) is 1. The number of para-hydroxylation sites is 1. The maximum absolute atomic E-state index is 12.0. The van der Waals surface area contributed by atoms with Crippen LogP contribution in [0.1, 0.15) is 0 Å². The Hall–Kier alpha value is -0.780. The molecule has 1 unspecified atom stereocenters. The van der Waals surface area contributed by atoms with Crippen LogP contribution >= 0.6 is 11.6 Å². The molecule has 0 aliphatic carbocycles. The molecular weight excluding hydrogens is 248 g/mol. The number of fused-ring (bicyclic) bond motifs is 1. The van der Waals surface area contributed by atoms with Gasteiger partial charge in [0.25, 0.3) is 0 Å². The Morgan fingerprint density at radius 3 is 3.00 bits per heavy atom. The normalized spacial score (nSPS) is 22.2. The van der Waals surface area contributed by atoms with Crippen LogP contribution in [0.2, 0.25) is 5.02 Å². The zero-order chi connectivity index (χ0) is 11.8. The molecule has 0 amide bonds. The van der Waals surface area contributed by atoms with Gasteiger partial charge in [-0.1, -0.05) is 17.7 Å². The van der Waals surface area contributed by atoms with E-state index in [0.29, 0.717) is 22.2 Å². The van der Waals surface area contributed by atoms with E-state index >= 15 is 0 Å². The highest BCUT2D eigenvalue weighted by Crippen LogP contribution is 2.34. The van der Waals surface area contributed by atoms with E-state index in [4.69, 9.17) is 11.6 Å². The summed E-state index contributed by atoms with van der Waals surface area (Å²) < 4.78 is 24.0. The topological polar surface area (TPSA) is 58.2 Å². The second kappa shape index (κ2) is 4.24. The molecule has 4 nitrogen and oxygen atoms in total. The summed E-state index contributed by atoms with van der Waals surface area (Å²) in [7, 11) is -1.43. The number of benzene rings is 1. The third-order valence-electron chi connectivity index (χ3n) is 2.53. The van der Waals surface area contributed by atoms with Gasteiger partial charge in [-0.05, 0) is 19.2 Å². The molecule has 1 atom stereocenters. The molecule has 0 saturated carbocycles. The summed E-state index contributed by atoms with van der Waals surface area (Å²) in [6, 6.07) is 4.78. The Morgan fingerprint density at radius 1 is 1.56 bits per heavy atom. The Bertz CT molecular complexity index is 502. The van der Waals surface area contributed by atoms with Crippen molar-refractivity contribution in [3.05, 3.63) is 23.2 Å². The lowest BCUT2D eigenvalue weighted by molar-refractivity contribution is 0.580. The van der Waals surface area contributed by atoms with Gasteiger partial charge in [0.1, 0.15) is 0 Å². The van der Waals surface area contributed by atoms with E-state index in [1.807, 2.05) is 0 Å². The van der Waals surface area contributed by atoms with Crippen LogP contribution in [0, 0.1) is 0 Å². The minimum Gasteiger partial charge on any atom is -0.378 e. The highest BCUT2D eigenvalue weighted by molar-refractivity contribution is 7.91. The van der Waals surface area contributed by atoms with Gasteiger partial charge in [-0.3, -0.25) is 0 Å². The largest absolute Gasteiger partial charge is 0.378 e. The van der Waals surface area contributed by atoms with Crippen molar-refractivity contribution in [2.45, 2.75) is 10.9 Å². The zero-order valence-electron chi connectivity index (χ0n) is 8.83. The van der Waals surface area contributed by atoms with Gasteiger partial charge in [0.05, 0.1) is 27.4 Å². The van der Waals surface area contributed by atoms with Crippen molar-refractivity contribution in [1.82, 2.24) is 5.32 Å². The van der Waals surface area contributed by atoms with Crippen LogP contribution in [0.15, 0.2) is 23.1 Å². The van der Waals surface area contributed by atoms with E-state index < -0.39 is 9.84 Å². The molecule has 0 bridgehead atoms. The minimum atomic E-state index is -3.22. The lowest BCUT2D eigenvalue weighted by atomic mass is 10.2. The molecular formula is C10H13ClN2O2S. The molecule has 1 aliphatic heterocycles. The van der Waals surface area contributed by atoms with Crippen molar-refractivity contribution in [3.8, 4) is 0 Å². The first kappa shape index (κ1) is 11.7. The summed E-state index contributed by atoms with van der Waals surface area (Å²) in [6.07, 6.45) is 0. The van der Waals surface area contributed by atoms with E-state index in [-0.39, 0.29) is 11.8 Å². The van der Waals surface area contributed by atoms with E-state index in [0.717, 1.165) is 0 Å². The molecule has 1 heterocycles. The van der Waals surface area contributed by atoms with Crippen molar-refractivity contribution < 1.29 is 8.42 Å². The smallest absolute Gasteiger partial charge is 0.182 e. The quantitative estimate of drug-likeness (QED) is 0.837. The molecule has 1 aliphatic rings. The third kappa shape index (κ3) is 2.03. The van der Waals surface area contributed by atoms with Gasteiger partial charge in [0.2, 0.25) is 0 Å². The fraction of sp³-hybridized carbons (Fsp3) is 0.400. The lowest BCUT2D eigenvalue weighted by Gasteiger charge is -2.27. The standard InChI is InChI=1S/C10H13ClN2O2S/c1-12-5-7-6-16(14,15)9-4-2-3-8(11)10(9)13-7/h2-4,7,12-13H,5-6H2,1H3.